The lowest BCUT2D eigenvalue weighted by Gasteiger charge is -2.31. The minimum Gasteiger partial charge on any atom is -0.457 e. The van der Waals surface area contributed by atoms with Gasteiger partial charge in [-0.2, -0.15) is 0 Å². The number of aromatic nitrogens is 2. The smallest absolute Gasteiger partial charge is 0.137 e. The Kier molecular flexibility index (Phi) is 8.09. The van der Waals surface area contributed by atoms with Crippen LogP contribution in [-0.2, 0) is 22.7 Å². The maximum Gasteiger partial charge on any atom is 0.137 e. The molecule has 5 heteroatoms. The zero-order valence-corrected chi connectivity index (χ0v) is 43.7. The van der Waals surface area contributed by atoms with E-state index in [4.69, 9.17) is 25.3 Å². The van der Waals surface area contributed by atoms with Crippen molar-refractivity contribution < 1.29 is 30.8 Å². The Morgan fingerprint density at radius 3 is 1.79 bits per heavy atom. The summed E-state index contributed by atoms with van der Waals surface area (Å²) in [7, 11) is 0. The van der Waals surface area contributed by atoms with Gasteiger partial charge in [-0.15, -0.1) is 0 Å². The molecule has 2 aromatic heterocycles. The van der Waals surface area contributed by atoms with Gasteiger partial charge in [0.1, 0.15) is 24.0 Å². The third-order valence-corrected chi connectivity index (χ3v) is 13.9. The average Bonchev–Trinajstić information content (AvgIpc) is 1.28. The second-order valence-corrected chi connectivity index (χ2v) is 22.3. The van der Waals surface area contributed by atoms with Crippen LogP contribution in [0.15, 0.2) is 194 Å². The largest absolute Gasteiger partial charge is 0.457 e. The van der Waals surface area contributed by atoms with Crippen molar-refractivity contribution >= 4 is 44.6 Å². The van der Waals surface area contributed by atoms with Crippen LogP contribution >= 0.6 is 0 Å². The molecule has 0 atom stereocenters. The summed E-state index contributed by atoms with van der Waals surface area (Å²) in [6.45, 7) is 12.5. The fourth-order valence-electron chi connectivity index (χ4n) is 9.92. The highest BCUT2D eigenvalue weighted by Gasteiger charge is 2.34. The monoisotopic (exact) mass is 1000 g/mol. The summed E-state index contributed by atoms with van der Waals surface area (Å²) in [5.41, 5.74) is 6.27. The third-order valence-electron chi connectivity index (χ3n) is 13.9. The lowest BCUT2D eigenvalue weighted by molar-refractivity contribution is 0.483. The number of ether oxygens (including phenoxy) is 1. The van der Waals surface area contributed by atoms with E-state index in [0.29, 0.717) is 50.2 Å². The predicted octanol–water partition coefficient (Wildman–Crippen LogP) is 19.3. The van der Waals surface area contributed by atoms with Gasteiger partial charge in [0.25, 0.3) is 0 Å². The van der Waals surface area contributed by atoms with Crippen LogP contribution in [0.2, 0.25) is 0 Å². The van der Waals surface area contributed by atoms with Crippen LogP contribution in [0.5, 0.6) is 11.5 Å². The van der Waals surface area contributed by atoms with Gasteiger partial charge in [0.2, 0.25) is 0 Å². The number of hydrogen-bond acceptors (Lipinski definition) is 4. The molecule has 1 aliphatic heterocycles. The quantitative estimate of drug-likeness (QED) is 0.137. The van der Waals surface area contributed by atoms with Gasteiger partial charge in [-0.3, -0.25) is 4.57 Å². The molecule has 10 aromatic rings. The van der Waals surface area contributed by atoms with Crippen molar-refractivity contribution in [1.82, 2.24) is 9.55 Å². The fraction of sp³-hybridized carbons (Fsp3) is 0.243. The van der Waals surface area contributed by atoms with Gasteiger partial charge in [-0.1, -0.05) is 191 Å². The predicted molar refractivity (Wildman–Crippen MR) is 318 cm³/mol. The second-order valence-electron chi connectivity index (χ2n) is 22.3. The van der Waals surface area contributed by atoms with Gasteiger partial charge in [0.15, 0.2) is 0 Å². The van der Waals surface area contributed by atoms with Gasteiger partial charge in [-0.05, 0) is 128 Å². The molecule has 75 heavy (non-hydrogen) atoms. The highest BCUT2D eigenvalue weighted by Crippen LogP contribution is 2.52. The minimum absolute atomic E-state index is 0.0660. The molecule has 0 saturated carbocycles. The summed E-state index contributed by atoms with van der Waals surface area (Å²) in [5, 5.41) is 1.27. The molecule has 5 nitrogen and oxygen atoms in total. The van der Waals surface area contributed by atoms with E-state index in [2.05, 4.69) is 101 Å². The standard InChI is InChI=1S/C70H70N4O/c1-46(2)35-49-38-66(71-44-61(49)48-25-16-13-17-26-48)74-62-30-19-18-29-57(62)58-34-33-56(43-65(58)74)75-55-28-22-27-54(42-55)72-45-73(64-32-21-20-31-63(64)72)67-59(47-23-14-12-15-24-47)40-53(70(9,10)11)41-60(67)50-36-51(68(3,4)5)39-52(37-50)69(6,7)8/h12-34,36-44,46H,35,45H2,1-11H3/i1D3,2D3,12D,13D,14D,15D,16D,17D,23D,24D,25D,26D,38D,44D,46D. The molecule has 0 fully saturated rings. The zero-order chi connectivity index (χ0) is 68.8. The Hall–Kier alpha value is -7.89. The number of fused-ring (bicyclic) bond motifs is 4. The number of hydrogen-bond donors (Lipinski definition) is 0. The molecular formula is C70H70N4O. The highest BCUT2D eigenvalue weighted by atomic mass is 16.5. The number of nitrogens with zero attached hydrogens (tertiary/aromatic N) is 4. The molecule has 3 heterocycles. The van der Waals surface area contributed by atoms with Crippen LogP contribution in [0, 0.1) is 5.89 Å². The number of benzene rings is 8. The Balaban J connectivity index is 1.07. The molecular weight excluding hydrogens is 913 g/mol. The number of pyridine rings is 1. The first kappa shape index (κ1) is 31.8. The summed E-state index contributed by atoms with van der Waals surface area (Å²) in [4.78, 5) is 8.81. The van der Waals surface area contributed by atoms with Crippen LogP contribution in [0.1, 0.15) is 124 Å². The highest BCUT2D eigenvalue weighted by molar-refractivity contribution is 6.09. The summed E-state index contributed by atoms with van der Waals surface area (Å²) in [5.74, 6) is -2.96. The van der Waals surface area contributed by atoms with Crippen LogP contribution in [0.3, 0.4) is 0 Å². The van der Waals surface area contributed by atoms with E-state index in [1.165, 1.54) is 4.57 Å². The molecule has 0 amide bonds. The Labute approximate surface area is 471 Å². The Morgan fingerprint density at radius 1 is 0.560 bits per heavy atom. The van der Waals surface area contributed by atoms with Crippen molar-refractivity contribution in [2.45, 2.75) is 98.7 Å². The normalized spacial score (nSPS) is 17.2. The number of para-hydroxylation sites is 3. The van der Waals surface area contributed by atoms with Gasteiger partial charge < -0.3 is 14.5 Å². The molecule has 11 rings (SSSR count). The maximum atomic E-state index is 9.90. The first-order valence-corrected chi connectivity index (χ1v) is 25.1. The SMILES string of the molecule is [2H]c1nc(-n2c3ccccc3c3ccc(Oc4cccc(N5CN(c6c(-c7cc(C(C)(C)C)cc(C(C)(C)C)c7)cc(C(C)(C)C)cc6-c6c([2H])c([2H])c([2H])c([2H])c6[2H])c6ccccc65)c4)cc32)c([2H])c(CC([2H])(C([2H])([2H])[2H])C([2H])([2H])[2H])c1-c1c([2H])c([2H])c([2H])c([2H])c1[2H]. The summed E-state index contributed by atoms with van der Waals surface area (Å²) in [6, 6.07) is 31.7. The van der Waals surface area contributed by atoms with E-state index < -0.39 is 109 Å². The van der Waals surface area contributed by atoms with E-state index in [9.17, 15) is 5.48 Å². The minimum atomic E-state index is -3.53. The van der Waals surface area contributed by atoms with E-state index >= 15 is 0 Å². The molecule has 0 bridgehead atoms. The Bertz CT molecular complexity index is 4660. The lowest BCUT2D eigenvalue weighted by Crippen LogP contribution is -2.25. The van der Waals surface area contributed by atoms with Crippen molar-refractivity contribution in [3.05, 3.63) is 216 Å². The lowest BCUT2D eigenvalue weighted by atomic mass is 9.77. The van der Waals surface area contributed by atoms with E-state index in [1.54, 1.807) is 42.5 Å². The molecule has 0 unspecified atom stereocenters. The molecule has 1 aliphatic rings. The van der Waals surface area contributed by atoms with Crippen LogP contribution in [0.4, 0.5) is 22.7 Å². The molecule has 376 valence electrons. The van der Waals surface area contributed by atoms with Crippen LogP contribution < -0.4 is 14.5 Å². The first-order chi connectivity index (χ1) is 43.7. The van der Waals surface area contributed by atoms with Crippen molar-refractivity contribution in [3.63, 3.8) is 0 Å². The van der Waals surface area contributed by atoms with Crippen molar-refractivity contribution in [2.75, 3.05) is 16.5 Å². The summed E-state index contributed by atoms with van der Waals surface area (Å²) in [6.07, 6.45) is -2.02. The first-order valence-electron chi connectivity index (χ1n) is 34.6. The number of rotatable bonds is 10. The summed E-state index contributed by atoms with van der Waals surface area (Å²) < 4.78 is 176. The van der Waals surface area contributed by atoms with Gasteiger partial charge >= 0.3 is 0 Å². The van der Waals surface area contributed by atoms with Crippen LogP contribution in [-0.4, -0.2) is 16.2 Å². The van der Waals surface area contributed by atoms with E-state index in [1.807, 2.05) is 54.6 Å². The molecule has 0 N–H and O–H groups in total. The topological polar surface area (TPSA) is 33.5 Å². The van der Waals surface area contributed by atoms with E-state index in [-0.39, 0.29) is 41.0 Å². The fourth-order valence-corrected chi connectivity index (χ4v) is 9.92. The third kappa shape index (κ3) is 9.61. The molecule has 8 aromatic carbocycles. The molecule has 0 saturated heterocycles. The zero-order valence-electron chi connectivity index (χ0n) is 62.7. The number of anilines is 4. The van der Waals surface area contributed by atoms with Crippen LogP contribution in [0.25, 0.3) is 61.0 Å². The second kappa shape index (κ2) is 19.1. The summed E-state index contributed by atoms with van der Waals surface area (Å²) >= 11 is 0. The molecule has 0 aliphatic carbocycles. The van der Waals surface area contributed by atoms with Gasteiger partial charge in [-0.25, -0.2) is 4.98 Å². The molecule has 0 spiro atoms. The Morgan fingerprint density at radius 2 is 1.13 bits per heavy atom. The van der Waals surface area contributed by atoms with Crippen molar-refractivity contribution in [2.24, 2.45) is 5.89 Å². The van der Waals surface area contributed by atoms with E-state index in [0.717, 1.165) is 39.2 Å². The van der Waals surface area contributed by atoms with Gasteiger partial charge in [0, 0.05) is 61.1 Å². The average molecular weight is 1000 g/mol. The maximum absolute atomic E-state index is 9.90. The van der Waals surface area contributed by atoms with Crippen molar-refractivity contribution in [1.29, 1.82) is 0 Å². The van der Waals surface area contributed by atoms with Crippen molar-refractivity contribution in [3.8, 4) is 50.7 Å². The molecule has 0 radical (unpaired) electrons. The van der Waals surface area contributed by atoms with Gasteiger partial charge in [0.05, 0.1) is 44.5 Å².